The minimum absolute atomic E-state index is 0.506. The van der Waals surface area contributed by atoms with Crippen molar-refractivity contribution in [3.8, 4) is 0 Å². The van der Waals surface area contributed by atoms with Gasteiger partial charge < -0.3 is 5.11 Å². The van der Waals surface area contributed by atoms with Crippen LogP contribution in [-0.4, -0.2) is 5.11 Å². The second-order valence-corrected chi connectivity index (χ2v) is 3.95. The summed E-state index contributed by atoms with van der Waals surface area (Å²) in [6.45, 7) is 4.59. The molecule has 0 aromatic carbocycles. The van der Waals surface area contributed by atoms with Crippen LogP contribution >= 0.6 is 0 Å². The van der Waals surface area contributed by atoms with E-state index in [1.807, 2.05) is 0 Å². The number of hydrogen-bond acceptors (Lipinski definition) is 1. The predicted molar refractivity (Wildman–Crippen MR) is 43.0 cm³/mol. The zero-order valence-corrected chi connectivity index (χ0v) is 6.85. The Hall–Kier alpha value is -0.460. The quantitative estimate of drug-likeness (QED) is 0.513. The number of hydrogen-bond donors (Lipinski definition) is 1. The molecule has 1 heteroatoms. The summed E-state index contributed by atoms with van der Waals surface area (Å²) in [5.41, 5.74) is 1.73. The van der Waals surface area contributed by atoms with E-state index >= 15 is 0 Å². The van der Waals surface area contributed by atoms with Crippen LogP contribution < -0.4 is 0 Å². The molecule has 0 radical (unpaired) electrons. The van der Waals surface area contributed by atoms with Crippen molar-refractivity contribution in [2.45, 2.75) is 39.5 Å². The van der Waals surface area contributed by atoms with E-state index in [0.29, 0.717) is 5.41 Å². The summed E-state index contributed by atoms with van der Waals surface area (Å²) in [4.78, 5) is 0. The van der Waals surface area contributed by atoms with Gasteiger partial charge >= 0.3 is 0 Å². The maximum absolute atomic E-state index is 8.70. The highest BCUT2D eigenvalue weighted by Gasteiger charge is 2.22. The molecule has 0 saturated heterocycles. The third-order valence-corrected chi connectivity index (χ3v) is 2.43. The molecule has 0 unspecified atom stereocenters. The topological polar surface area (TPSA) is 20.2 Å². The van der Waals surface area contributed by atoms with Gasteiger partial charge in [0.1, 0.15) is 0 Å². The molecule has 1 rings (SSSR count). The van der Waals surface area contributed by atoms with Crippen molar-refractivity contribution in [2.24, 2.45) is 5.41 Å². The number of allylic oxidation sites excluding steroid dienone is 1. The molecule has 58 valence electrons. The van der Waals surface area contributed by atoms with Gasteiger partial charge in [0.25, 0.3) is 0 Å². The van der Waals surface area contributed by atoms with E-state index in [0.717, 1.165) is 12.8 Å². The smallest absolute Gasteiger partial charge is 0.0783 e. The first-order valence-electron chi connectivity index (χ1n) is 3.96. The Balaban J connectivity index is 2.46. The molecular weight excluding hydrogens is 124 g/mol. The van der Waals surface area contributed by atoms with E-state index in [4.69, 9.17) is 5.11 Å². The summed E-state index contributed by atoms with van der Waals surface area (Å²) in [5, 5.41) is 8.70. The molecule has 1 N–H and O–H groups in total. The summed E-state index contributed by atoms with van der Waals surface area (Å²) in [5.74, 6) is 0. The third-order valence-electron chi connectivity index (χ3n) is 2.43. The first-order chi connectivity index (χ1) is 4.64. The maximum atomic E-state index is 8.70. The second-order valence-electron chi connectivity index (χ2n) is 3.95. The van der Waals surface area contributed by atoms with Crippen LogP contribution in [-0.2, 0) is 0 Å². The van der Waals surface area contributed by atoms with Crippen molar-refractivity contribution in [2.75, 3.05) is 0 Å². The SMILES string of the molecule is CC1(C)CCC(=CO)CC1. The Morgan fingerprint density at radius 1 is 1.30 bits per heavy atom. The highest BCUT2D eigenvalue weighted by Crippen LogP contribution is 2.37. The molecular formula is C9H16O. The van der Waals surface area contributed by atoms with Crippen molar-refractivity contribution < 1.29 is 5.11 Å². The minimum atomic E-state index is 0.506. The second kappa shape index (κ2) is 2.65. The van der Waals surface area contributed by atoms with Crippen LogP contribution in [0.15, 0.2) is 11.8 Å². The van der Waals surface area contributed by atoms with Gasteiger partial charge in [-0.3, -0.25) is 0 Å². The zero-order chi connectivity index (χ0) is 7.61. The van der Waals surface area contributed by atoms with Crippen molar-refractivity contribution in [3.63, 3.8) is 0 Å². The van der Waals surface area contributed by atoms with Crippen LogP contribution in [0.3, 0.4) is 0 Å². The lowest BCUT2D eigenvalue weighted by molar-refractivity contribution is 0.273. The maximum Gasteiger partial charge on any atom is 0.0783 e. The minimum Gasteiger partial charge on any atom is -0.516 e. The molecule has 0 aliphatic heterocycles. The first-order valence-corrected chi connectivity index (χ1v) is 3.96. The fraction of sp³-hybridized carbons (Fsp3) is 0.778. The highest BCUT2D eigenvalue weighted by molar-refractivity contribution is 5.02. The molecule has 0 spiro atoms. The number of rotatable bonds is 0. The lowest BCUT2D eigenvalue weighted by Gasteiger charge is -2.30. The van der Waals surface area contributed by atoms with Crippen molar-refractivity contribution in [3.05, 3.63) is 11.8 Å². The molecule has 0 bridgehead atoms. The summed E-state index contributed by atoms with van der Waals surface area (Å²) in [6, 6.07) is 0. The summed E-state index contributed by atoms with van der Waals surface area (Å²) in [7, 11) is 0. The van der Waals surface area contributed by atoms with E-state index in [-0.39, 0.29) is 0 Å². The molecule has 0 aromatic heterocycles. The van der Waals surface area contributed by atoms with Gasteiger partial charge in [-0.2, -0.15) is 0 Å². The lowest BCUT2D eigenvalue weighted by Crippen LogP contribution is -2.16. The molecule has 1 saturated carbocycles. The van der Waals surface area contributed by atoms with E-state index in [9.17, 15) is 0 Å². The monoisotopic (exact) mass is 140 g/mol. The average molecular weight is 140 g/mol. The van der Waals surface area contributed by atoms with Gasteiger partial charge in [0.15, 0.2) is 0 Å². The third kappa shape index (κ3) is 1.76. The van der Waals surface area contributed by atoms with Crippen LogP contribution in [0.1, 0.15) is 39.5 Å². The molecule has 1 fully saturated rings. The van der Waals surface area contributed by atoms with Crippen LogP contribution in [0.2, 0.25) is 0 Å². The van der Waals surface area contributed by atoms with Gasteiger partial charge in [-0.1, -0.05) is 13.8 Å². The average Bonchev–Trinajstić information content (AvgIpc) is 1.88. The van der Waals surface area contributed by atoms with Crippen LogP contribution in [0.4, 0.5) is 0 Å². The molecule has 1 aliphatic carbocycles. The van der Waals surface area contributed by atoms with Crippen molar-refractivity contribution >= 4 is 0 Å². The summed E-state index contributed by atoms with van der Waals surface area (Å²) < 4.78 is 0. The van der Waals surface area contributed by atoms with Crippen molar-refractivity contribution in [1.29, 1.82) is 0 Å². The molecule has 0 amide bonds. The highest BCUT2D eigenvalue weighted by atomic mass is 16.2. The Morgan fingerprint density at radius 3 is 2.20 bits per heavy atom. The lowest BCUT2D eigenvalue weighted by atomic mass is 9.76. The van der Waals surface area contributed by atoms with Crippen LogP contribution in [0.5, 0.6) is 0 Å². The van der Waals surface area contributed by atoms with E-state index in [2.05, 4.69) is 13.8 Å². The van der Waals surface area contributed by atoms with E-state index < -0.39 is 0 Å². The molecule has 1 aliphatic rings. The van der Waals surface area contributed by atoms with Crippen molar-refractivity contribution in [1.82, 2.24) is 0 Å². The molecule has 0 aromatic rings. The number of aliphatic hydroxyl groups excluding tert-OH is 1. The molecule has 0 heterocycles. The van der Waals surface area contributed by atoms with Crippen LogP contribution in [0, 0.1) is 5.41 Å². The number of aliphatic hydroxyl groups is 1. The van der Waals surface area contributed by atoms with Crippen LogP contribution in [0.25, 0.3) is 0 Å². The molecule has 10 heavy (non-hydrogen) atoms. The normalized spacial score (nSPS) is 24.4. The largest absolute Gasteiger partial charge is 0.516 e. The fourth-order valence-electron chi connectivity index (χ4n) is 1.38. The van der Waals surface area contributed by atoms with Gasteiger partial charge in [0.05, 0.1) is 6.26 Å². The zero-order valence-electron chi connectivity index (χ0n) is 6.85. The van der Waals surface area contributed by atoms with Gasteiger partial charge in [-0.15, -0.1) is 0 Å². The van der Waals surface area contributed by atoms with Gasteiger partial charge in [0, 0.05) is 0 Å². The summed E-state index contributed by atoms with van der Waals surface area (Å²) in [6.07, 6.45) is 5.90. The molecule has 0 atom stereocenters. The fourth-order valence-corrected chi connectivity index (χ4v) is 1.38. The summed E-state index contributed by atoms with van der Waals surface area (Å²) >= 11 is 0. The van der Waals surface area contributed by atoms with E-state index in [1.54, 1.807) is 0 Å². The Labute approximate surface area is 62.8 Å². The van der Waals surface area contributed by atoms with E-state index in [1.165, 1.54) is 24.7 Å². The van der Waals surface area contributed by atoms with Gasteiger partial charge in [0.2, 0.25) is 0 Å². The Bertz CT molecular complexity index is 133. The first kappa shape index (κ1) is 7.64. The van der Waals surface area contributed by atoms with Gasteiger partial charge in [-0.05, 0) is 36.7 Å². The standard InChI is InChI=1S/C9H16O/c1-9(2)5-3-8(7-10)4-6-9/h7,10H,3-6H2,1-2H3. The Kier molecular flexibility index (Phi) is 2.02. The molecule has 1 nitrogen and oxygen atoms in total. The van der Waals surface area contributed by atoms with Gasteiger partial charge in [-0.25, -0.2) is 0 Å². The Morgan fingerprint density at radius 2 is 1.80 bits per heavy atom. The predicted octanol–water partition coefficient (Wildman–Crippen LogP) is 3.03.